The summed E-state index contributed by atoms with van der Waals surface area (Å²) in [5, 5.41) is 7.83. The average Bonchev–Trinajstić information content (AvgIpc) is 2.74. The number of hydrogen-bond acceptors (Lipinski definition) is 2. The van der Waals surface area contributed by atoms with E-state index in [2.05, 4.69) is 16.0 Å². The number of halogens is 3. The second-order valence-electron chi connectivity index (χ2n) is 6.77. The third-order valence-corrected chi connectivity index (χ3v) is 4.42. The van der Waals surface area contributed by atoms with Gasteiger partial charge in [0.05, 0.1) is 5.56 Å². The molecule has 0 radical (unpaired) electrons. The Morgan fingerprint density at radius 1 is 0.742 bits per heavy atom. The van der Waals surface area contributed by atoms with Gasteiger partial charge in [-0.05, 0) is 42.0 Å². The molecule has 3 aromatic rings. The molecule has 0 aliphatic carbocycles. The molecule has 1 atom stereocenters. The summed E-state index contributed by atoms with van der Waals surface area (Å²) in [6, 6.07) is 20.4. The Bertz CT molecular complexity index is 1010. The largest absolute Gasteiger partial charge is 0.416 e. The zero-order chi connectivity index (χ0) is 22.3. The Hall–Kier alpha value is -3.81. The number of urea groups is 1. The predicted molar refractivity (Wildman–Crippen MR) is 113 cm³/mol. The van der Waals surface area contributed by atoms with Crippen LogP contribution >= 0.6 is 0 Å². The van der Waals surface area contributed by atoms with Crippen molar-refractivity contribution in [1.82, 2.24) is 5.32 Å². The number of amides is 3. The monoisotopic (exact) mass is 427 g/mol. The molecule has 8 heteroatoms. The van der Waals surface area contributed by atoms with Crippen molar-refractivity contribution in [3.63, 3.8) is 0 Å². The van der Waals surface area contributed by atoms with Crippen LogP contribution in [0.2, 0.25) is 0 Å². The maximum absolute atomic E-state index is 12.8. The van der Waals surface area contributed by atoms with Gasteiger partial charge in [-0.2, -0.15) is 13.2 Å². The summed E-state index contributed by atoms with van der Waals surface area (Å²) in [7, 11) is 0. The normalized spacial score (nSPS) is 12.0. The van der Waals surface area contributed by atoms with Gasteiger partial charge in [-0.25, -0.2) is 4.79 Å². The van der Waals surface area contributed by atoms with Crippen LogP contribution in [-0.4, -0.2) is 18.0 Å². The van der Waals surface area contributed by atoms with Gasteiger partial charge in [0.15, 0.2) is 0 Å². The van der Waals surface area contributed by atoms with Crippen LogP contribution in [0.5, 0.6) is 0 Å². The van der Waals surface area contributed by atoms with Gasteiger partial charge in [0.25, 0.3) is 0 Å². The second-order valence-corrected chi connectivity index (χ2v) is 6.77. The van der Waals surface area contributed by atoms with Crippen LogP contribution < -0.4 is 16.0 Å². The molecule has 3 rings (SSSR count). The second kappa shape index (κ2) is 9.80. The molecule has 0 bridgehead atoms. The maximum atomic E-state index is 12.8. The Kier molecular flexibility index (Phi) is 6.92. The molecule has 0 heterocycles. The number of hydrogen-bond donors (Lipinski definition) is 3. The van der Waals surface area contributed by atoms with Crippen LogP contribution in [-0.2, 0) is 17.4 Å². The van der Waals surface area contributed by atoms with Crippen molar-refractivity contribution in [2.45, 2.75) is 18.6 Å². The smallest absolute Gasteiger partial charge is 0.326 e. The van der Waals surface area contributed by atoms with Crippen LogP contribution in [0.3, 0.4) is 0 Å². The van der Waals surface area contributed by atoms with Crippen LogP contribution in [0.4, 0.5) is 29.3 Å². The summed E-state index contributed by atoms with van der Waals surface area (Å²) < 4.78 is 38.2. The molecule has 5 nitrogen and oxygen atoms in total. The van der Waals surface area contributed by atoms with Gasteiger partial charge in [0, 0.05) is 17.8 Å². The third-order valence-electron chi connectivity index (χ3n) is 4.42. The predicted octanol–water partition coefficient (Wildman–Crippen LogP) is 5.08. The van der Waals surface area contributed by atoms with Gasteiger partial charge in [-0.3, -0.25) is 4.79 Å². The molecule has 3 aromatic carbocycles. The SMILES string of the molecule is O=C(Nc1ccccc1)NC(Cc1ccccc1)C(=O)Nc1ccc(C(F)(F)F)cc1. The lowest BCUT2D eigenvalue weighted by atomic mass is 10.1. The van der Waals surface area contributed by atoms with Crippen molar-refractivity contribution in [1.29, 1.82) is 0 Å². The molecular weight excluding hydrogens is 407 g/mol. The summed E-state index contributed by atoms with van der Waals surface area (Å²) in [5.74, 6) is -0.549. The van der Waals surface area contributed by atoms with Crippen molar-refractivity contribution in [2.24, 2.45) is 0 Å². The lowest BCUT2D eigenvalue weighted by molar-refractivity contribution is -0.137. The zero-order valence-corrected chi connectivity index (χ0v) is 16.3. The van der Waals surface area contributed by atoms with Crippen molar-refractivity contribution in [2.75, 3.05) is 10.6 Å². The van der Waals surface area contributed by atoms with Gasteiger partial charge < -0.3 is 16.0 Å². The van der Waals surface area contributed by atoms with Crippen LogP contribution in [0, 0.1) is 0 Å². The van der Waals surface area contributed by atoms with E-state index in [-0.39, 0.29) is 12.1 Å². The molecule has 0 aliphatic heterocycles. The lowest BCUT2D eigenvalue weighted by Gasteiger charge is -2.19. The van der Waals surface area contributed by atoms with Crippen LogP contribution in [0.25, 0.3) is 0 Å². The fraction of sp³-hybridized carbons (Fsp3) is 0.130. The molecule has 0 saturated carbocycles. The molecule has 31 heavy (non-hydrogen) atoms. The van der Waals surface area contributed by atoms with Crippen molar-refractivity contribution < 1.29 is 22.8 Å². The van der Waals surface area contributed by atoms with Crippen LogP contribution in [0.1, 0.15) is 11.1 Å². The van der Waals surface area contributed by atoms with E-state index in [0.29, 0.717) is 5.69 Å². The maximum Gasteiger partial charge on any atom is 0.416 e. The van der Waals surface area contributed by atoms with Gasteiger partial charge in [-0.1, -0.05) is 48.5 Å². The number of carbonyl (C=O) groups excluding carboxylic acids is 2. The Labute approximate surface area is 177 Å². The fourth-order valence-corrected chi connectivity index (χ4v) is 2.88. The first-order chi connectivity index (χ1) is 14.8. The van der Waals surface area contributed by atoms with E-state index in [1.165, 1.54) is 12.1 Å². The minimum absolute atomic E-state index is 0.196. The Balaban J connectivity index is 1.71. The first-order valence-electron chi connectivity index (χ1n) is 9.46. The molecule has 3 amide bonds. The van der Waals surface area contributed by atoms with E-state index in [1.807, 2.05) is 30.3 Å². The molecule has 3 N–H and O–H groups in total. The summed E-state index contributed by atoms with van der Waals surface area (Å²) in [6.07, 6.45) is -4.26. The summed E-state index contributed by atoms with van der Waals surface area (Å²) >= 11 is 0. The van der Waals surface area contributed by atoms with Gasteiger partial charge in [0.2, 0.25) is 5.91 Å². The number of anilines is 2. The first-order valence-corrected chi connectivity index (χ1v) is 9.46. The number of benzene rings is 3. The fourth-order valence-electron chi connectivity index (χ4n) is 2.88. The molecule has 0 aromatic heterocycles. The molecule has 1 unspecified atom stereocenters. The molecule has 0 saturated heterocycles. The standard InChI is InChI=1S/C23H20F3N3O2/c24-23(25,26)17-11-13-19(14-12-17)27-21(30)20(15-16-7-3-1-4-8-16)29-22(31)28-18-9-5-2-6-10-18/h1-14,20H,15H2,(H,27,30)(H2,28,29,31). The highest BCUT2D eigenvalue weighted by atomic mass is 19.4. The number of alkyl halides is 3. The first kappa shape index (κ1) is 21.9. The van der Waals surface area contributed by atoms with E-state index in [4.69, 9.17) is 0 Å². The average molecular weight is 427 g/mol. The Morgan fingerprint density at radius 3 is 1.87 bits per heavy atom. The molecule has 0 spiro atoms. The summed E-state index contributed by atoms with van der Waals surface area (Å²) in [4.78, 5) is 25.2. The lowest BCUT2D eigenvalue weighted by Crippen LogP contribution is -2.46. The third kappa shape index (κ3) is 6.60. The number of rotatable bonds is 6. The highest BCUT2D eigenvalue weighted by Crippen LogP contribution is 2.29. The Morgan fingerprint density at radius 2 is 1.29 bits per heavy atom. The van der Waals surface area contributed by atoms with Crippen molar-refractivity contribution >= 4 is 23.3 Å². The quantitative estimate of drug-likeness (QED) is 0.514. The van der Waals surface area contributed by atoms with Gasteiger partial charge in [0.1, 0.15) is 6.04 Å². The molecular formula is C23H20F3N3O2. The van der Waals surface area contributed by atoms with Crippen molar-refractivity contribution in [3.8, 4) is 0 Å². The zero-order valence-electron chi connectivity index (χ0n) is 16.3. The van der Waals surface area contributed by atoms with E-state index in [9.17, 15) is 22.8 Å². The van der Waals surface area contributed by atoms with Gasteiger partial charge in [-0.15, -0.1) is 0 Å². The van der Waals surface area contributed by atoms with Gasteiger partial charge >= 0.3 is 12.2 Å². The van der Waals surface area contributed by atoms with E-state index in [0.717, 1.165) is 17.7 Å². The van der Waals surface area contributed by atoms with Crippen LogP contribution in [0.15, 0.2) is 84.9 Å². The highest BCUT2D eigenvalue weighted by Gasteiger charge is 2.30. The van der Waals surface area contributed by atoms with Crippen molar-refractivity contribution in [3.05, 3.63) is 96.1 Å². The van der Waals surface area contributed by atoms with E-state index < -0.39 is 29.7 Å². The number of nitrogens with one attached hydrogen (secondary N) is 3. The minimum atomic E-state index is -4.46. The molecule has 0 aliphatic rings. The van der Waals surface area contributed by atoms with E-state index >= 15 is 0 Å². The minimum Gasteiger partial charge on any atom is -0.326 e. The van der Waals surface area contributed by atoms with E-state index in [1.54, 1.807) is 30.3 Å². The summed E-state index contributed by atoms with van der Waals surface area (Å²) in [5.41, 5.74) is 0.754. The molecule has 160 valence electrons. The number of para-hydroxylation sites is 1. The molecule has 0 fully saturated rings. The topological polar surface area (TPSA) is 70.2 Å². The highest BCUT2D eigenvalue weighted by molar-refractivity contribution is 5.99. The number of carbonyl (C=O) groups is 2. The summed E-state index contributed by atoms with van der Waals surface area (Å²) in [6.45, 7) is 0.